The quantitative estimate of drug-likeness (QED) is 0.373. The molecule has 1 aromatic carbocycles. The lowest BCUT2D eigenvalue weighted by atomic mass is 9.79. The number of nitrogens with two attached hydrogens (primary N) is 1. The summed E-state index contributed by atoms with van der Waals surface area (Å²) in [6.07, 6.45) is 4.67. The molecule has 0 radical (unpaired) electrons. The van der Waals surface area contributed by atoms with Crippen molar-refractivity contribution in [2.24, 2.45) is 29.4 Å². The summed E-state index contributed by atoms with van der Waals surface area (Å²) in [5.41, 5.74) is 6.84. The van der Waals surface area contributed by atoms with Gasteiger partial charge in [0, 0.05) is 12.1 Å². The highest BCUT2D eigenvalue weighted by atomic mass is 16.5. The third-order valence-corrected chi connectivity index (χ3v) is 7.21. The molecular formula is C29H48N2O6. The molecule has 6 atom stereocenters. The van der Waals surface area contributed by atoms with E-state index in [2.05, 4.69) is 19.2 Å². The number of alkyl carbamates (subject to hydrolysis) is 1. The van der Waals surface area contributed by atoms with Gasteiger partial charge >= 0.3 is 18.0 Å². The first-order valence-corrected chi connectivity index (χ1v) is 13.3. The fourth-order valence-electron chi connectivity index (χ4n) is 4.74. The third kappa shape index (κ3) is 11.1. The van der Waals surface area contributed by atoms with Crippen molar-refractivity contribution in [3.05, 3.63) is 35.9 Å². The number of carbonyl (C=O) groups is 3. The van der Waals surface area contributed by atoms with Crippen LogP contribution in [0.4, 0.5) is 4.79 Å². The number of ether oxygens (including phenoxy) is 3. The minimum Gasteiger partial charge on any atom is -0.466 e. The highest BCUT2D eigenvalue weighted by Crippen LogP contribution is 2.30. The maximum atomic E-state index is 12.0. The van der Waals surface area contributed by atoms with Gasteiger partial charge in [-0.3, -0.25) is 9.59 Å². The van der Waals surface area contributed by atoms with Crippen LogP contribution < -0.4 is 11.1 Å². The second-order valence-corrected chi connectivity index (χ2v) is 9.96. The zero-order valence-electron chi connectivity index (χ0n) is 22.2. The van der Waals surface area contributed by atoms with E-state index in [1.165, 1.54) is 0 Å². The van der Waals surface area contributed by atoms with Crippen LogP contribution in [0.5, 0.6) is 0 Å². The van der Waals surface area contributed by atoms with Crippen LogP contribution in [0.3, 0.4) is 0 Å². The van der Waals surface area contributed by atoms with Crippen molar-refractivity contribution in [3.63, 3.8) is 0 Å². The van der Waals surface area contributed by atoms with E-state index in [1.54, 1.807) is 6.92 Å². The summed E-state index contributed by atoms with van der Waals surface area (Å²) in [7, 11) is 0. The summed E-state index contributed by atoms with van der Waals surface area (Å²) < 4.78 is 15.3. The molecule has 37 heavy (non-hydrogen) atoms. The minimum absolute atomic E-state index is 0. The van der Waals surface area contributed by atoms with E-state index in [9.17, 15) is 14.4 Å². The van der Waals surface area contributed by atoms with Crippen molar-refractivity contribution in [1.82, 2.24) is 5.32 Å². The highest BCUT2D eigenvalue weighted by Gasteiger charge is 2.33. The summed E-state index contributed by atoms with van der Waals surface area (Å²) in [6.45, 7) is 8.98. The van der Waals surface area contributed by atoms with Gasteiger partial charge in [-0.25, -0.2) is 4.79 Å². The number of benzene rings is 1. The van der Waals surface area contributed by atoms with E-state index in [-0.39, 0.29) is 49.9 Å². The van der Waals surface area contributed by atoms with Gasteiger partial charge in [-0.1, -0.05) is 51.6 Å². The highest BCUT2D eigenvalue weighted by molar-refractivity contribution is 5.73. The molecule has 8 nitrogen and oxygen atoms in total. The lowest BCUT2D eigenvalue weighted by Gasteiger charge is -2.33. The van der Waals surface area contributed by atoms with Gasteiger partial charge in [-0.15, -0.1) is 0 Å². The van der Waals surface area contributed by atoms with Crippen LogP contribution in [-0.2, 0) is 30.4 Å². The first-order chi connectivity index (χ1) is 17.2. The summed E-state index contributed by atoms with van der Waals surface area (Å²) in [4.78, 5) is 35.2. The van der Waals surface area contributed by atoms with Crippen LogP contribution in [-0.4, -0.2) is 43.3 Å². The molecule has 3 N–H and O–H groups in total. The molecule has 1 amide bonds. The second-order valence-electron chi connectivity index (χ2n) is 9.96. The molecule has 0 spiro atoms. The third-order valence-electron chi connectivity index (χ3n) is 7.21. The predicted molar refractivity (Wildman–Crippen MR) is 145 cm³/mol. The zero-order valence-corrected chi connectivity index (χ0v) is 22.2. The van der Waals surface area contributed by atoms with Gasteiger partial charge in [0.25, 0.3) is 0 Å². The van der Waals surface area contributed by atoms with Gasteiger partial charge in [-0.2, -0.15) is 0 Å². The molecule has 0 aliphatic heterocycles. The monoisotopic (exact) mass is 520 g/mol. The number of esters is 2. The predicted octanol–water partition coefficient (Wildman–Crippen LogP) is 5.23. The maximum Gasteiger partial charge on any atom is 0.407 e. The average molecular weight is 521 g/mol. The summed E-state index contributed by atoms with van der Waals surface area (Å²) >= 11 is 0. The molecule has 3 rings (SSSR count). The molecule has 0 aromatic heterocycles. The Labute approximate surface area is 223 Å². The number of hydrogen-bond donors (Lipinski definition) is 2. The van der Waals surface area contributed by atoms with Crippen molar-refractivity contribution in [3.8, 4) is 0 Å². The SMILES string of the molecule is C.CCOC(=O)[C@H]1CC[C@H](C)[C@H](N)C1.CCOC(=O)[C@H]1CC[C@H](C)[C@H](NC(=O)OCc2ccccc2)C1. The molecule has 2 aliphatic rings. The lowest BCUT2D eigenvalue weighted by molar-refractivity contribution is -0.150. The maximum absolute atomic E-state index is 12.0. The minimum atomic E-state index is -0.435. The van der Waals surface area contributed by atoms with Crippen molar-refractivity contribution in [1.29, 1.82) is 0 Å². The molecule has 0 heterocycles. The Kier molecular flexibility index (Phi) is 14.9. The average Bonchev–Trinajstić information content (AvgIpc) is 2.87. The van der Waals surface area contributed by atoms with E-state index in [0.717, 1.165) is 37.7 Å². The van der Waals surface area contributed by atoms with Crippen LogP contribution in [0.2, 0.25) is 0 Å². The molecule has 2 aliphatic carbocycles. The molecule has 2 saturated carbocycles. The van der Waals surface area contributed by atoms with Gasteiger partial charge < -0.3 is 25.3 Å². The molecule has 8 heteroatoms. The number of nitrogens with one attached hydrogen (secondary N) is 1. The molecule has 210 valence electrons. The first kappa shape index (κ1) is 32.4. The zero-order chi connectivity index (χ0) is 26.5. The number of amides is 1. The summed E-state index contributed by atoms with van der Waals surface area (Å²) in [5, 5.41) is 2.90. The number of rotatable bonds is 7. The molecule has 0 saturated heterocycles. The van der Waals surface area contributed by atoms with Crippen molar-refractivity contribution >= 4 is 18.0 Å². The lowest BCUT2D eigenvalue weighted by Crippen LogP contribution is -2.44. The molecule has 0 unspecified atom stereocenters. The van der Waals surface area contributed by atoms with E-state index in [1.807, 2.05) is 37.3 Å². The van der Waals surface area contributed by atoms with E-state index in [4.69, 9.17) is 19.9 Å². The Morgan fingerprint density at radius 2 is 1.38 bits per heavy atom. The van der Waals surface area contributed by atoms with Gasteiger partial charge in [0.05, 0.1) is 25.0 Å². The Balaban J connectivity index is 0.000000417. The van der Waals surface area contributed by atoms with Crippen LogP contribution in [0.25, 0.3) is 0 Å². The van der Waals surface area contributed by atoms with E-state index in [0.29, 0.717) is 31.5 Å². The molecular weight excluding hydrogens is 472 g/mol. The van der Waals surface area contributed by atoms with Crippen LogP contribution in [0, 0.1) is 23.7 Å². The van der Waals surface area contributed by atoms with E-state index >= 15 is 0 Å². The largest absolute Gasteiger partial charge is 0.466 e. The van der Waals surface area contributed by atoms with Gasteiger partial charge in [0.15, 0.2) is 0 Å². The number of carbonyl (C=O) groups excluding carboxylic acids is 3. The van der Waals surface area contributed by atoms with Crippen LogP contribution >= 0.6 is 0 Å². The van der Waals surface area contributed by atoms with Crippen molar-refractivity contribution in [2.45, 2.75) is 92.3 Å². The van der Waals surface area contributed by atoms with Gasteiger partial charge in [0.1, 0.15) is 6.61 Å². The summed E-state index contributed by atoms with van der Waals surface area (Å²) in [6, 6.07) is 9.67. The standard InChI is InChI=1S/C18H25NO4.C10H19NO2.CH4/c1-3-22-17(20)15-10-9-13(2)16(11-15)19-18(21)23-12-14-7-5-4-6-8-14;1-3-13-10(12)8-5-4-7(2)9(11)6-8;/h4-8,13,15-16H,3,9-12H2,1-2H3,(H,19,21);7-9H,3-6,11H2,1-2H3;1H4/t13-,15-,16+;7-,8-,9+;/m00./s1. The Morgan fingerprint density at radius 1 is 0.838 bits per heavy atom. The summed E-state index contributed by atoms with van der Waals surface area (Å²) in [5.74, 6) is 0.557. The number of hydrogen-bond acceptors (Lipinski definition) is 7. The Bertz CT molecular complexity index is 818. The smallest absolute Gasteiger partial charge is 0.407 e. The first-order valence-electron chi connectivity index (χ1n) is 13.3. The Hall–Kier alpha value is -2.61. The fraction of sp³-hybridized carbons (Fsp3) is 0.690. The van der Waals surface area contributed by atoms with E-state index < -0.39 is 6.09 Å². The second kappa shape index (κ2) is 17.0. The van der Waals surface area contributed by atoms with Crippen LogP contribution in [0.15, 0.2) is 30.3 Å². The van der Waals surface area contributed by atoms with Crippen LogP contribution in [0.1, 0.15) is 79.2 Å². The topological polar surface area (TPSA) is 117 Å². The normalized spacial score (nSPS) is 26.8. The van der Waals surface area contributed by atoms with Gasteiger partial charge in [-0.05, 0) is 69.8 Å². The Morgan fingerprint density at radius 3 is 1.92 bits per heavy atom. The molecule has 1 aromatic rings. The van der Waals surface area contributed by atoms with Crippen molar-refractivity contribution < 1.29 is 28.6 Å². The molecule has 2 fully saturated rings. The molecule has 0 bridgehead atoms. The van der Waals surface area contributed by atoms with Gasteiger partial charge in [0.2, 0.25) is 0 Å². The fourth-order valence-corrected chi connectivity index (χ4v) is 4.74. The van der Waals surface area contributed by atoms with Crippen molar-refractivity contribution in [2.75, 3.05) is 13.2 Å².